The minimum atomic E-state index is -0.305. The van der Waals surface area contributed by atoms with Crippen molar-refractivity contribution in [1.82, 2.24) is 5.32 Å². The summed E-state index contributed by atoms with van der Waals surface area (Å²) in [6, 6.07) is 0.161. The van der Waals surface area contributed by atoms with Gasteiger partial charge in [0.15, 0.2) is 0 Å². The standard InChI is InChI=1S/C9H19NO2S/c1-13-5-3-2-4-10-8-6-12-7-9(8)11/h8-11H,2-7H2,1H3. The van der Waals surface area contributed by atoms with Crippen LogP contribution in [0, 0.1) is 0 Å². The minimum Gasteiger partial charge on any atom is -0.389 e. The summed E-state index contributed by atoms with van der Waals surface area (Å²) in [5, 5.41) is 12.7. The Bertz CT molecular complexity index is 135. The first-order valence-corrected chi connectivity index (χ1v) is 6.22. The van der Waals surface area contributed by atoms with Gasteiger partial charge in [0.1, 0.15) is 0 Å². The van der Waals surface area contributed by atoms with Crippen LogP contribution in [0.3, 0.4) is 0 Å². The summed E-state index contributed by atoms with van der Waals surface area (Å²) in [4.78, 5) is 0. The van der Waals surface area contributed by atoms with E-state index in [2.05, 4.69) is 11.6 Å². The molecule has 1 aliphatic rings. The number of nitrogens with one attached hydrogen (secondary N) is 1. The van der Waals surface area contributed by atoms with Gasteiger partial charge in [-0.1, -0.05) is 0 Å². The van der Waals surface area contributed by atoms with E-state index in [9.17, 15) is 5.11 Å². The van der Waals surface area contributed by atoms with Gasteiger partial charge in [0.2, 0.25) is 0 Å². The zero-order valence-corrected chi connectivity index (χ0v) is 8.98. The van der Waals surface area contributed by atoms with Crippen LogP contribution < -0.4 is 5.32 Å². The lowest BCUT2D eigenvalue weighted by Gasteiger charge is -2.13. The lowest BCUT2D eigenvalue weighted by atomic mass is 10.2. The Balaban J connectivity index is 1.93. The fraction of sp³-hybridized carbons (Fsp3) is 1.00. The molecule has 0 spiro atoms. The summed E-state index contributed by atoms with van der Waals surface area (Å²) >= 11 is 1.88. The molecule has 1 saturated heterocycles. The maximum atomic E-state index is 9.40. The van der Waals surface area contributed by atoms with Gasteiger partial charge in [-0.25, -0.2) is 0 Å². The Kier molecular flexibility index (Phi) is 5.78. The molecule has 0 aliphatic carbocycles. The van der Waals surface area contributed by atoms with Crippen LogP contribution in [0.5, 0.6) is 0 Å². The molecule has 13 heavy (non-hydrogen) atoms. The molecule has 2 unspecified atom stereocenters. The zero-order chi connectivity index (χ0) is 9.52. The first-order valence-electron chi connectivity index (χ1n) is 4.82. The van der Waals surface area contributed by atoms with Crippen molar-refractivity contribution >= 4 is 11.8 Å². The van der Waals surface area contributed by atoms with Gasteiger partial charge in [-0.15, -0.1) is 0 Å². The van der Waals surface area contributed by atoms with Crippen molar-refractivity contribution in [3.63, 3.8) is 0 Å². The van der Waals surface area contributed by atoms with Crippen molar-refractivity contribution < 1.29 is 9.84 Å². The van der Waals surface area contributed by atoms with E-state index in [-0.39, 0.29) is 12.1 Å². The van der Waals surface area contributed by atoms with Gasteiger partial charge in [-0.2, -0.15) is 11.8 Å². The quantitative estimate of drug-likeness (QED) is 0.619. The van der Waals surface area contributed by atoms with Gasteiger partial charge in [0, 0.05) is 0 Å². The largest absolute Gasteiger partial charge is 0.389 e. The number of aliphatic hydroxyl groups excluding tert-OH is 1. The van der Waals surface area contributed by atoms with E-state index in [4.69, 9.17) is 4.74 Å². The molecule has 2 N–H and O–H groups in total. The van der Waals surface area contributed by atoms with Crippen LogP contribution in [0.1, 0.15) is 12.8 Å². The Hall–Kier alpha value is 0.230. The number of unbranched alkanes of at least 4 members (excludes halogenated alkanes) is 1. The third-order valence-electron chi connectivity index (χ3n) is 2.23. The number of thioether (sulfide) groups is 1. The second-order valence-corrected chi connectivity index (χ2v) is 4.35. The van der Waals surface area contributed by atoms with Crippen LogP contribution >= 0.6 is 11.8 Å². The molecule has 78 valence electrons. The first kappa shape index (κ1) is 11.3. The van der Waals surface area contributed by atoms with E-state index < -0.39 is 0 Å². The highest BCUT2D eigenvalue weighted by atomic mass is 32.2. The fourth-order valence-electron chi connectivity index (χ4n) is 1.40. The summed E-state index contributed by atoms with van der Waals surface area (Å²) in [5.41, 5.74) is 0. The second-order valence-electron chi connectivity index (χ2n) is 3.37. The fourth-order valence-corrected chi connectivity index (χ4v) is 1.89. The van der Waals surface area contributed by atoms with E-state index in [1.807, 2.05) is 11.8 Å². The normalized spacial score (nSPS) is 28.2. The molecule has 0 aromatic rings. The highest BCUT2D eigenvalue weighted by Crippen LogP contribution is 2.05. The molecule has 0 aromatic carbocycles. The van der Waals surface area contributed by atoms with Crippen molar-refractivity contribution in [2.24, 2.45) is 0 Å². The Morgan fingerprint density at radius 3 is 2.92 bits per heavy atom. The maximum Gasteiger partial charge on any atom is 0.0948 e. The molecule has 3 nitrogen and oxygen atoms in total. The molecule has 1 fully saturated rings. The van der Waals surface area contributed by atoms with E-state index in [0.29, 0.717) is 13.2 Å². The van der Waals surface area contributed by atoms with Gasteiger partial charge < -0.3 is 15.2 Å². The first-order chi connectivity index (χ1) is 6.34. The average molecular weight is 205 g/mol. The van der Waals surface area contributed by atoms with Crippen molar-refractivity contribution in [2.75, 3.05) is 31.8 Å². The maximum absolute atomic E-state index is 9.40. The SMILES string of the molecule is CSCCCCNC1COCC1O. The smallest absolute Gasteiger partial charge is 0.0948 e. The molecule has 1 aliphatic heterocycles. The van der Waals surface area contributed by atoms with Crippen LogP contribution in [0.25, 0.3) is 0 Å². The predicted molar refractivity (Wildman–Crippen MR) is 56.2 cm³/mol. The topological polar surface area (TPSA) is 41.5 Å². The molecular weight excluding hydrogens is 186 g/mol. The van der Waals surface area contributed by atoms with E-state index >= 15 is 0 Å². The molecule has 4 heteroatoms. The summed E-state index contributed by atoms with van der Waals surface area (Å²) in [6.07, 6.45) is 4.25. The summed E-state index contributed by atoms with van der Waals surface area (Å²) in [5.74, 6) is 1.23. The molecular formula is C9H19NO2S. The lowest BCUT2D eigenvalue weighted by molar-refractivity contribution is 0.122. The molecule has 1 rings (SSSR count). The summed E-state index contributed by atoms with van der Waals surface area (Å²) in [7, 11) is 0. The van der Waals surface area contributed by atoms with Gasteiger partial charge in [0.05, 0.1) is 25.4 Å². The second kappa shape index (κ2) is 6.65. The highest BCUT2D eigenvalue weighted by Gasteiger charge is 2.24. The van der Waals surface area contributed by atoms with Gasteiger partial charge >= 0.3 is 0 Å². The van der Waals surface area contributed by atoms with Crippen LogP contribution in [-0.2, 0) is 4.74 Å². The number of aliphatic hydroxyl groups is 1. The number of ether oxygens (including phenoxy) is 1. The van der Waals surface area contributed by atoms with Gasteiger partial charge in [-0.05, 0) is 31.4 Å². The van der Waals surface area contributed by atoms with Crippen molar-refractivity contribution in [2.45, 2.75) is 25.0 Å². The third kappa shape index (κ3) is 4.31. The number of hydrogen-bond donors (Lipinski definition) is 2. The van der Waals surface area contributed by atoms with Crippen LogP contribution in [-0.4, -0.2) is 49.0 Å². The average Bonchev–Trinajstić information content (AvgIpc) is 2.52. The van der Waals surface area contributed by atoms with Gasteiger partial charge in [-0.3, -0.25) is 0 Å². The van der Waals surface area contributed by atoms with Crippen LogP contribution in [0.15, 0.2) is 0 Å². The van der Waals surface area contributed by atoms with Crippen molar-refractivity contribution in [3.05, 3.63) is 0 Å². The highest BCUT2D eigenvalue weighted by molar-refractivity contribution is 7.98. The molecule has 0 saturated carbocycles. The lowest BCUT2D eigenvalue weighted by Crippen LogP contribution is -2.39. The molecule has 0 amide bonds. The third-order valence-corrected chi connectivity index (χ3v) is 2.93. The molecule has 0 radical (unpaired) electrons. The predicted octanol–water partition coefficient (Wildman–Crippen LogP) is 0.479. The van der Waals surface area contributed by atoms with E-state index in [1.165, 1.54) is 18.6 Å². The minimum absolute atomic E-state index is 0.161. The van der Waals surface area contributed by atoms with Crippen molar-refractivity contribution in [1.29, 1.82) is 0 Å². The Morgan fingerprint density at radius 1 is 1.46 bits per heavy atom. The zero-order valence-electron chi connectivity index (χ0n) is 8.16. The van der Waals surface area contributed by atoms with Gasteiger partial charge in [0.25, 0.3) is 0 Å². The number of hydrogen-bond acceptors (Lipinski definition) is 4. The Morgan fingerprint density at radius 2 is 2.31 bits per heavy atom. The number of rotatable bonds is 6. The van der Waals surface area contributed by atoms with Crippen LogP contribution in [0.2, 0.25) is 0 Å². The molecule has 0 bridgehead atoms. The monoisotopic (exact) mass is 205 g/mol. The summed E-state index contributed by atoms with van der Waals surface area (Å²) in [6.45, 7) is 2.14. The molecule has 0 aromatic heterocycles. The molecule has 1 heterocycles. The Labute approximate surface area is 84.2 Å². The van der Waals surface area contributed by atoms with E-state index in [0.717, 1.165) is 6.54 Å². The molecule has 2 atom stereocenters. The van der Waals surface area contributed by atoms with Crippen molar-refractivity contribution in [3.8, 4) is 0 Å². The van der Waals surface area contributed by atoms with Crippen LogP contribution in [0.4, 0.5) is 0 Å². The summed E-state index contributed by atoms with van der Waals surface area (Å²) < 4.78 is 5.13. The van der Waals surface area contributed by atoms with E-state index in [1.54, 1.807) is 0 Å².